The predicted octanol–water partition coefficient (Wildman–Crippen LogP) is 8.08. The molecule has 2 fully saturated rings. The van der Waals surface area contributed by atoms with Crippen LogP contribution in [-0.2, 0) is 14.1 Å². The molecule has 4 aromatic heterocycles. The molecule has 0 bridgehead atoms. The summed E-state index contributed by atoms with van der Waals surface area (Å²) in [6.07, 6.45) is 4.60. The maximum absolute atomic E-state index is 13.2. The summed E-state index contributed by atoms with van der Waals surface area (Å²) in [5.74, 6) is 0.271. The third-order valence-corrected chi connectivity index (χ3v) is 14.0. The number of hydrogen-bond donors (Lipinski definition) is 2. The van der Waals surface area contributed by atoms with E-state index in [0.717, 1.165) is 78.6 Å². The van der Waals surface area contributed by atoms with Gasteiger partial charge in [-0.3, -0.25) is 18.7 Å². The molecule has 6 heterocycles. The van der Waals surface area contributed by atoms with Crippen LogP contribution >= 0.6 is 58.2 Å². The molecule has 74 heavy (non-hydrogen) atoms. The highest BCUT2D eigenvalue weighted by Gasteiger charge is 2.21. The van der Waals surface area contributed by atoms with Crippen molar-refractivity contribution in [1.82, 2.24) is 48.0 Å². The smallest absolute Gasteiger partial charge is 0.337 e. The average molecular weight is 1100 g/mol. The number of piperazine rings is 2. The molecule has 0 atom stereocenters. The van der Waals surface area contributed by atoms with Gasteiger partial charge < -0.3 is 30.7 Å². The molecule has 0 aliphatic carbocycles. The van der Waals surface area contributed by atoms with Gasteiger partial charge in [0.05, 0.1) is 31.5 Å². The van der Waals surface area contributed by atoms with Crippen LogP contribution in [-0.4, -0.2) is 121 Å². The van der Waals surface area contributed by atoms with E-state index in [-0.39, 0.29) is 74.3 Å². The molecular weight excluding hydrogens is 1050 g/mol. The number of nitrogens with two attached hydrogens (primary N) is 1. The highest BCUT2D eigenvalue weighted by Crippen LogP contribution is 2.29. The van der Waals surface area contributed by atoms with Crippen LogP contribution in [0.15, 0.2) is 122 Å². The van der Waals surface area contributed by atoms with Crippen LogP contribution in [0, 0.1) is 0 Å². The van der Waals surface area contributed by atoms with E-state index in [9.17, 15) is 19.2 Å². The van der Waals surface area contributed by atoms with Crippen LogP contribution < -0.4 is 43.3 Å². The first-order valence-corrected chi connectivity index (χ1v) is 25.3. The van der Waals surface area contributed by atoms with E-state index in [2.05, 4.69) is 83.2 Å². The van der Waals surface area contributed by atoms with Crippen LogP contribution in [0.4, 0.5) is 28.7 Å². The molecule has 0 saturated carbocycles. The summed E-state index contributed by atoms with van der Waals surface area (Å²) >= 11 is 26.1. The average Bonchev–Trinajstić information content (AvgIpc) is 3.38. The van der Waals surface area contributed by atoms with E-state index in [4.69, 9.17) is 52.1 Å². The summed E-state index contributed by atoms with van der Waals surface area (Å²) in [6.45, 7) is 8.56. The zero-order valence-electron chi connectivity index (χ0n) is 39.9. The van der Waals surface area contributed by atoms with Crippen molar-refractivity contribution in [2.45, 2.75) is 20.0 Å². The second-order valence-electron chi connectivity index (χ2n) is 17.0. The third kappa shape index (κ3) is 12.2. The molecule has 4 aromatic carbocycles. The minimum absolute atomic E-state index is 0. The number of thioether (sulfide) groups is 1. The Morgan fingerprint density at radius 2 is 0.932 bits per heavy atom. The Morgan fingerprint density at radius 1 is 0.541 bits per heavy atom. The molecule has 2 aliphatic rings. The van der Waals surface area contributed by atoms with Gasteiger partial charge in [0.2, 0.25) is 5.95 Å². The van der Waals surface area contributed by atoms with Crippen molar-refractivity contribution in [3.05, 3.63) is 159 Å². The summed E-state index contributed by atoms with van der Waals surface area (Å²) in [6, 6.07) is 25.7. The van der Waals surface area contributed by atoms with E-state index in [1.807, 2.05) is 30.5 Å². The summed E-state index contributed by atoms with van der Waals surface area (Å²) in [5, 5.41) is 4.79. The van der Waals surface area contributed by atoms with Gasteiger partial charge in [0.15, 0.2) is 16.5 Å². The van der Waals surface area contributed by atoms with Crippen molar-refractivity contribution in [3.63, 3.8) is 0 Å². The van der Waals surface area contributed by atoms with E-state index in [0.29, 0.717) is 5.16 Å². The molecule has 0 spiro atoms. The Balaban J connectivity index is 0.000000196. The number of halogens is 4. The highest BCUT2D eigenvalue weighted by atomic mass is 35.5. The molecule has 10 rings (SSSR count). The number of rotatable bonds is 7. The number of fused-ring (bicyclic) bond motifs is 2. The summed E-state index contributed by atoms with van der Waals surface area (Å²) in [4.78, 5) is 78.2. The minimum Gasteiger partial charge on any atom is -0.399 e. The lowest BCUT2D eigenvalue weighted by molar-refractivity contribution is 0.313. The second-order valence-corrected chi connectivity index (χ2v) is 19.4. The van der Waals surface area contributed by atoms with Gasteiger partial charge in [0.25, 0.3) is 11.1 Å². The molecule has 2 aliphatic heterocycles. The molecule has 2 saturated heterocycles. The van der Waals surface area contributed by atoms with Crippen molar-refractivity contribution in [2.75, 3.05) is 93.6 Å². The van der Waals surface area contributed by atoms with Crippen LogP contribution in [0.5, 0.6) is 0 Å². The fourth-order valence-electron chi connectivity index (χ4n) is 8.10. The first kappa shape index (κ1) is 56.8. The van der Waals surface area contributed by atoms with Gasteiger partial charge in [-0.25, -0.2) is 33.7 Å². The fraction of sp³-hybridized carbons (Fsp3) is 0.294. The molecule has 0 radical (unpaired) electrons. The van der Waals surface area contributed by atoms with E-state index in [1.54, 1.807) is 36.4 Å². The monoisotopic (exact) mass is 1100 g/mol. The number of nitrogens with one attached hydrogen (secondary N) is 1. The number of likely N-dealkylation sites (N-methyl/N-ethyl adjacent to an activating group) is 2. The molecule has 390 valence electrons. The van der Waals surface area contributed by atoms with Crippen LogP contribution in [0.2, 0.25) is 20.1 Å². The SMILES string of the molecule is C.C.CN1CCN(c2ccc(N)cc2)CC1.CN1CCN(c2ccc(Nc3ncc4c(=O)n(-c5c(Cl)cccc5Cl)c(=O)n(C)c4n3)cc2)CC1.CSc1ncc2c(=O)n(-c3c(Cl)cccc3Cl)c(=O)n(C)c2n1. The number of nitrogen functional groups attached to an aromatic ring is 1. The lowest BCUT2D eigenvalue weighted by atomic mass is 10.2. The van der Waals surface area contributed by atoms with Gasteiger partial charge in [-0.15, -0.1) is 0 Å². The molecule has 0 amide bonds. The summed E-state index contributed by atoms with van der Waals surface area (Å²) < 4.78 is 4.44. The number of aryl methyl sites for hydroxylation is 2. The Bertz CT molecular complexity index is 3480. The van der Waals surface area contributed by atoms with Crippen molar-refractivity contribution in [1.29, 1.82) is 0 Å². The molecule has 23 heteroatoms. The van der Waals surface area contributed by atoms with E-state index in [1.165, 1.54) is 53.1 Å². The fourth-order valence-corrected chi connectivity index (χ4v) is 9.57. The third-order valence-electron chi connectivity index (χ3n) is 12.2. The van der Waals surface area contributed by atoms with E-state index < -0.39 is 22.5 Å². The quantitative estimate of drug-likeness (QED) is 0.0884. The Morgan fingerprint density at radius 3 is 1.35 bits per heavy atom. The van der Waals surface area contributed by atoms with Gasteiger partial charge in [0, 0.05) is 102 Å². The molecular formula is C51H58Cl4N14O4S. The number of para-hydroxylation sites is 2. The molecule has 18 nitrogen and oxygen atoms in total. The minimum atomic E-state index is -0.612. The Kier molecular flexibility index (Phi) is 19.0. The number of hydrogen-bond acceptors (Lipinski definition) is 15. The number of aromatic nitrogens is 8. The van der Waals surface area contributed by atoms with Crippen molar-refractivity contribution in [3.8, 4) is 11.4 Å². The van der Waals surface area contributed by atoms with Gasteiger partial charge >= 0.3 is 11.4 Å². The topological polar surface area (TPSA) is 191 Å². The zero-order chi connectivity index (χ0) is 51.4. The van der Waals surface area contributed by atoms with Crippen LogP contribution in [0.1, 0.15) is 14.9 Å². The lowest BCUT2D eigenvalue weighted by Crippen LogP contribution is -2.44. The molecule has 0 unspecified atom stereocenters. The van der Waals surface area contributed by atoms with Crippen LogP contribution in [0.25, 0.3) is 33.4 Å². The van der Waals surface area contributed by atoms with Crippen molar-refractivity contribution >= 4 is 109 Å². The van der Waals surface area contributed by atoms with E-state index >= 15 is 0 Å². The second kappa shape index (κ2) is 24.7. The first-order valence-electron chi connectivity index (χ1n) is 22.5. The maximum atomic E-state index is 13.2. The molecule has 8 aromatic rings. The zero-order valence-corrected chi connectivity index (χ0v) is 43.7. The first-order chi connectivity index (χ1) is 34.5. The van der Waals surface area contributed by atoms with Crippen molar-refractivity contribution in [2.24, 2.45) is 14.1 Å². The predicted molar refractivity (Wildman–Crippen MR) is 306 cm³/mol. The number of nitrogens with zero attached hydrogens (tertiary/aromatic N) is 12. The normalized spacial score (nSPS) is 13.8. The summed E-state index contributed by atoms with van der Waals surface area (Å²) in [5.41, 5.74) is 8.11. The lowest BCUT2D eigenvalue weighted by Gasteiger charge is -2.34. The molecule has 3 N–H and O–H groups in total. The highest BCUT2D eigenvalue weighted by molar-refractivity contribution is 7.98. The van der Waals surface area contributed by atoms with Gasteiger partial charge in [0.1, 0.15) is 10.8 Å². The Hall–Kier alpha value is -6.45. The van der Waals surface area contributed by atoms with Gasteiger partial charge in [-0.1, -0.05) is 85.2 Å². The summed E-state index contributed by atoms with van der Waals surface area (Å²) in [7, 11) is 7.36. The number of benzene rings is 4. The Labute approximate surface area is 452 Å². The van der Waals surface area contributed by atoms with Crippen LogP contribution in [0.3, 0.4) is 0 Å². The number of anilines is 5. The standard InChI is InChI=1S/C24H23Cl2N7O2.C14H10Cl2N4O2S.C11H17N3.2CH4/c1-30-10-12-32(13-11-30)16-8-6-15(7-9-16)28-23-27-14-17-21(29-23)31(2)24(35)33(22(17)34)20-18(25)4-3-5-19(20)26;1-19-11-7(6-17-13(18-11)23-2)12(21)20(14(19)22)10-8(15)4-3-5-9(10)16;1-13-6-8-14(9-7-13)11-4-2-10(12)3-5-11;;/h3-9,14H,10-13H2,1-2H3,(H,27,28,29);3-6H,1-2H3;2-5H,6-9,12H2,1H3;2*1H4. The van der Waals surface area contributed by atoms with Crippen molar-refractivity contribution < 1.29 is 0 Å². The van der Waals surface area contributed by atoms with Gasteiger partial charge in [-0.2, -0.15) is 4.98 Å². The largest absolute Gasteiger partial charge is 0.399 e. The van der Waals surface area contributed by atoms with Gasteiger partial charge in [-0.05, 0) is 93.1 Å². The maximum Gasteiger partial charge on any atom is 0.337 e.